The van der Waals surface area contributed by atoms with Gasteiger partial charge in [0.1, 0.15) is 5.75 Å². The summed E-state index contributed by atoms with van der Waals surface area (Å²) in [4.78, 5) is 13.2. The van der Waals surface area contributed by atoms with Crippen molar-refractivity contribution < 1.29 is 15.0 Å². The summed E-state index contributed by atoms with van der Waals surface area (Å²) in [6.45, 7) is 1.44. The van der Waals surface area contributed by atoms with Crippen LogP contribution in [0.1, 0.15) is 18.4 Å². The van der Waals surface area contributed by atoms with Gasteiger partial charge in [-0.15, -0.1) is 0 Å². The van der Waals surface area contributed by atoms with Crippen LogP contribution in [0, 0.1) is 0 Å². The van der Waals surface area contributed by atoms with E-state index in [2.05, 4.69) is 10.0 Å². The molecule has 0 aliphatic heterocycles. The number of rotatable bonds is 3. The number of nitrogens with zero attached hydrogens (tertiary/aromatic N) is 3. The number of hydrogen-bond donors (Lipinski definition) is 2. The Kier molecular flexibility index (Phi) is 3.15. The van der Waals surface area contributed by atoms with E-state index in [-0.39, 0.29) is 17.0 Å². The van der Waals surface area contributed by atoms with Crippen molar-refractivity contribution in [2.24, 2.45) is 5.11 Å². The van der Waals surface area contributed by atoms with Crippen molar-refractivity contribution in [3.05, 3.63) is 34.2 Å². The molecule has 0 radical (unpaired) electrons. The van der Waals surface area contributed by atoms with E-state index in [1.165, 1.54) is 25.1 Å². The number of aromatic hydroxyl groups is 1. The van der Waals surface area contributed by atoms with E-state index >= 15 is 0 Å². The summed E-state index contributed by atoms with van der Waals surface area (Å²) in [7, 11) is 0. The smallest absolute Gasteiger partial charge is 0.310 e. The third-order valence-electron chi connectivity index (χ3n) is 2.04. The van der Waals surface area contributed by atoms with Crippen LogP contribution < -0.4 is 0 Å². The first-order valence-corrected chi connectivity index (χ1v) is 4.17. The molecule has 1 unspecified atom stereocenters. The molecule has 0 amide bonds. The number of aliphatic carboxylic acids is 1. The van der Waals surface area contributed by atoms with Crippen molar-refractivity contribution in [2.75, 3.05) is 0 Å². The van der Waals surface area contributed by atoms with E-state index in [4.69, 9.17) is 10.6 Å². The van der Waals surface area contributed by atoms with Gasteiger partial charge < -0.3 is 10.2 Å². The fraction of sp³-hybridized carbons (Fsp3) is 0.222. The summed E-state index contributed by atoms with van der Waals surface area (Å²) >= 11 is 0. The van der Waals surface area contributed by atoms with Crippen LogP contribution in [0.5, 0.6) is 5.75 Å². The maximum Gasteiger partial charge on any atom is 0.310 e. The fourth-order valence-electron chi connectivity index (χ4n) is 1.16. The molecule has 0 spiro atoms. The van der Waals surface area contributed by atoms with E-state index in [0.29, 0.717) is 0 Å². The molecule has 6 nitrogen and oxygen atoms in total. The first-order chi connectivity index (χ1) is 7.07. The van der Waals surface area contributed by atoms with E-state index in [1.54, 1.807) is 0 Å². The largest absolute Gasteiger partial charge is 0.507 e. The SMILES string of the molecule is CC(C(=O)O)c1cccc(N=[N+]=[N-])c1O. The van der Waals surface area contributed by atoms with Gasteiger partial charge in [0.2, 0.25) is 0 Å². The molecule has 0 bridgehead atoms. The second-order valence-corrected chi connectivity index (χ2v) is 2.96. The van der Waals surface area contributed by atoms with E-state index < -0.39 is 11.9 Å². The van der Waals surface area contributed by atoms with Crippen molar-refractivity contribution >= 4 is 11.7 Å². The van der Waals surface area contributed by atoms with Crippen LogP contribution in [-0.4, -0.2) is 16.2 Å². The maximum atomic E-state index is 10.7. The average Bonchev–Trinajstić information content (AvgIpc) is 2.20. The highest BCUT2D eigenvalue weighted by Crippen LogP contribution is 2.34. The summed E-state index contributed by atoms with van der Waals surface area (Å²) in [6, 6.07) is 4.41. The molecule has 2 N–H and O–H groups in total. The van der Waals surface area contributed by atoms with Gasteiger partial charge in [-0.2, -0.15) is 0 Å². The molecule has 0 aliphatic rings. The molecule has 1 atom stereocenters. The summed E-state index contributed by atoms with van der Waals surface area (Å²) in [5, 5.41) is 21.6. The molecule has 1 aromatic rings. The zero-order chi connectivity index (χ0) is 11.4. The average molecular weight is 207 g/mol. The van der Waals surface area contributed by atoms with Crippen LogP contribution in [0.25, 0.3) is 10.4 Å². The van der Waals surface area contributed by atoms with Gasteiger partial charge in [0.15, 0.2) is 0 Å². The van der Waals surface area contributed by atoms with Crippen LogP contribution in [-0.2, 0) is 4.79 Å². The molecule has 6 heteroatoms. The zero-order valence-electron chi connectivity index (χ0n) is 7.95. The van der Waals surface area contributed by atoms with Crippen LogP contribution in [0.2, 0.25) is 0 Å². The van der Waals surface area contributed by atoms with Gasteiger partial charge in [0, 0.05) is 10.5 Å². The molecule has 0 saturated carbocycles. The Balaban J connectivity index is 3.26. The van der Waals surface area contributed by atoms with Crippen LogP contribution in [0.4, 0.5) is 5.69 Å². The summed E-state index contributed by atoms with van der Waals surface area (Å²) < 4.78 is 0. The quantitative estimate of drug-likeness (QED) is 0.451. The lowest BCUT2D eigenvalue weighted by atomic mass is 10.00. The number of carboxylic acid groups (broad SMARTS) is 1. The molecule has 0 saturated heterocycles. The number of azide groups is 1. The lowest BCUT2D eigenvalue weighted by Crippen LogP contribution is -2.07. The number of carbonyl (C=O) groups is 1. The van der Waals surface area contributed by atoms with Gasteiger partial charge in [-0.3, -0.25) is 4.79 Å². The topological polar surface area (TPSA) is 106 Å². The second kappa shape index (κ2) is 4.34. The highest BCUT2D eigenvalue weighted by atomic mass is 16.4. The zero-order valence-corrected chi connectivity index (χ0v) is 7.95. The minimum Gasteiger partial charge on any atom is -0.507 e. The Morgan fingerprint density at radius 3 is 2.80 bits per heavy atom. The van der Waals surface area contributed by atoms with Gasteiger partial charge in [0.05, 0.1) is 11.6 Å². The summed E-state index contributed by atoms with van der Waals surface area (Å²) in [5.74, 6) is -2.19. The van der Waals surface area contributed by atoms with Crippen LogP contribution in [0.15, 0.2) is 23.3 Å². The number of phenolic OH excluding ortho intramolecular Hbond substituents is 1. The van der Waals surface area contributed by atoms with Gasteiger partial charge >= 0.3 is 5.97 Å². The number of benzene rings is 1. The molecule has 1 rings (SSSR count). The number of carboxylic acids is 1. The Labute approximate surface area is 85.4 Å². The minimum atomic E-state index is -1.05. The molecule has 15 heavy (non-hydrogen) atoms. The Bertz CT molecular complexity index is 438. The number of para-hydroxylation sites is 1. The third kappa shape index (κ3) is 2.18. The van der Waals surface area contributed by atoms with E-state index in [0.717, 1.165) is 0 Å². The van der Waals surface area contributed by atoms with Gasteiger partial charge in [-0.05, 0) is 18.5 Å². The minimum absolute atomic E-state index is 0.0306. The Morgan fingerprint density at radius 1 is 1.60 bits per heavy atom. The van der Waals surface area contributed by atoms with Gasteiger partial charge in [0.25, 0.3) is 0 Å². The van der Waals surface area contributed by atoms with Crippen molar-refractivity contribution in [3.8, 4) is 5.75 Å². The van der Waals surface area contributed by atoms with Gasteiger partial charge in [-0.25, -0.2) is 0 Å². The van der Waals surface area contributed by atoms with Gasteiger partial charge in [-0.1, -0.05) is 17.2 Å². The standard InChI is InChI=1S/C9H9N3O3/c1-5(9(14)15)6-3-2-4-7(8(6)13)11-12-10/h2-5,13H,1H3,(H,14,15). The molecule has 0 aliphatic carbocycles. The molecule has 0 heterocycles. The highest BCUT2D eigenvalue weighted by Gasteiger charge is 2.18. The molecule has 0 aromatic heterocycles. The monoisotopic (exact) mass is 207 g/mol. The predicted octanol–water partition coefficient (Wildman–Crippen LogP) is 2.52. The molecule has 78 valence electrons. The lowest BCUT2D eigenvalue weighted by Gasteiger charge is -2.09. The summed E-state index contributed by atoms with van der Waals surface area (Å²) in [6.07, 6.45) is 0. The second-order valence-electron chi connectivity index (χ2n) is 2.96. The summed E-state index contributed by atoms with van der Waals surface area (Å²) in [5.41, 5.74) is 8.47. The van der Waals surface area contributed by atoms with Crippen molar-refractivity contribution in [1.82, 2.24) is 0 Å². The maximum absolute atomic E-state index is 10.7. The fourth-order valence-corrected chi connectivity index (χ4v) is 1.16. The number of hydrogen-bond acceptors (Lipinski definition) is 3. The van der Waals surface area contributed by atoms with Crippen LogP contribution in [0.3, 0.4) is 0 Å². The molecular weight excluding hydrogens is 198 g/mol. The van der Waals surface area contributed by atoms with Crippen molar-refractivity contribution in [1.29, 1.82) is 0 Å². The van der Waals surface area contributed by atoms with E-state index in [1.807, 2.05) is 0 Å². The van der Waals surface area contributed by atoms with Crippen molar-refractivity contribution in [3.63, 3.8) is 0 Å². The highest BCUT2D eigenvalue weighted by molar-refractivity contribution is 5.78. The van der Waals surface area contributed by atoms with Crippen LogP contribution >= 0.6 is 0 Å². The predicted molar refractivity (Wildman–Crippen MR) is 53.0 cm³/mol. The number of phenols is 1. The Morgan fingerprint density at radius 2 is 2.27 bits per heavy atom. The first-order valence-electron chi connectivity index (χ1n) is 4.17. The van der Waals surface area contributed by atoms with E-state index in [9.17, 15) is 9.90 Å². The normalized spacial score (nSPS) is 11.5. The molecule has 1 aromatic carbocycles. The molecule has 0 fully saturated rings. The lowest BCUT2D eigenvalue weighted by molar-refractivity contribution is -0.138. The Hall–Kier alpha value is -2.20. The van der Waals surface area contributed by atoms with Crippen molar-refractivity contribution in [2.45, 2.75) is 12.8 Å². The molecular formula is C9H9N3O3. The third-order valence-corrected chi connectivity index (χ3v) is 2.04. The first kappa shape index (κ1) is 10.9.